The Kier molecular flexibility index (Phi) is 5.24. The van der Waals surface area contributed by atoms with Crippen LogP contribution in [0.15, 0.2) is 12.7 Å². The Hall–Kier alpha value is -2.22. The van der Waals surface area contributed by atoms with Crippen molar-refractivity contribution in [1.82, 2.24) is 30.2 Å². The SMILES string of the molecule is CNCCC1CCN(C(=O)CN(C)c2ncnc3nc[nH]c23)CC1. The van der Waals surface area contributed by atoms with E-state index in [4.69, 9.17) is 0 Å². The normalized spacial score (nSPS) is 15.8. The molecule has 1 aliphatic rings. The van der Waals surface area contributed by atoms with E-state index in [-0.39, 0.29) is 5.91 Å². The number of aromatic amines is 1. The molecule has 3 heterocycles. The second-order valence-electron chi connectivity index (χ2n) is 6.37. The Morgan fingerprint density at radius 1 is 1.38 bits per heavy atom. The molecule has 0 saturated carbocycles. The van der Waals surface area contributed by atoms with Crippen LogP contribution in [0.1, 0.15) is 19.3 Å². The van der Waals surface area contributed by atoms with E-state index in [9.17, 15) is 4.79 Å². The van der Waals surface area contributed by atoms with Gasteiger partial charge in [0.15, 0.2) is 11.5 Å². The smallest absolute Gasteiger partial charge is 0.242 e. The number of likely N-dealkylation sites (tertiary alicyclic amines) is 1. The number of imidazole rings is 1. The summed E-state index contributed by atoms with van der Waals surface area (Å²) in [7, 11) is 3.86. The Morgan fingerprint density at radius 3 is 2.92 bits per heavy atom. The highest BCUT2D eigenvalue weighted by Gasteiger charge is 2.24. The van der Waals surface area contributed by atoms with E-state index in [0.717, 1.165) is 43.9 Å². The molecule has 0 atom stereocenters. The Balaban J connectivity index is 1.56. The first-order valence-electron chi connectivity index (χ1n) is 8.46. The third kappa shape index (κ3) is 3.64. The molecule has 1 amide bonds. The number of fused-ring (bicyclic) bond motifs is 1. The largest absolute Gasteiger partial charge is 0.348 e. The molecule has 1 fully saturated rings. The maximum absolute atomic E-state index is 12.6. The topological polar surface area (TPSA) is 90.0 Å². The van der Waals surface area contributed by atoms with Gasteiger partial charge in [0.05, 0.1) is 12.9 Å². The van der Waals surface area contributed by atoms with Gasteiger partial charge < -0.3 is 20.1 Å². The number of rotatable bonds is 6. The zero-order valence-corrected chi connectivity index (χ0v) is 14.3. The van der Waals surface area contributed by atoms with Crippen molar-refractivity contribution in [2.24, 2.45) is 5.92 Å². The third-order valence-electron chi connectivity index (χ3n) is 4.71. The first kappa shape index (κ1) is 16.6. The van der Waals surface area contributed by atoms with Crippen LogP contribution in [-0.2, 0) is 4.79 Å². The molecule has 8 heteroatoms. The summed E-state index contributed by atoms with van der Waals surface area (Å²) in [6.07, 6.45) is 6.45. The monoisotopic (exact) mass is 331 g/mol. The summed E-state index contributed by atoms with van der Waals surface area (Å²) in [6, 6.07) is 0. The van der Waals surface area contributed by atoms with Gasteiger partial charge in [0, 0.05) is 20.1 Å². The Morgan fingerprint density at radius 2 is 2.17 bits per heavy atom. The van der Waals surface area contributed by atoms with Gasteiger partial charge in [-0.2, -0.15) is 0 Å². The number of amides is 1. The van der Waals surface area contributed by atoms with Gasteiger partial charge in [-0.05, 0) is 38.8 Å². The number of H-pyrrole nitrogens is 1. The van der Waals surface area contributed by atoms with Gasteiger partial charge in [0.25, 0.3) is 0 Å². The molecule has 130 valence electrons. The van der Waals surface area contributed by atoms with Gasteiger partial charge in [0.1, 0.15) is 11.8 Å². The number of likely N-dealkylation sites (N-methyl/N-ethyl adjacent to an activating group) is 1. The summed E-state index contributed by atoms with van der Waals surface area (Å²) in [6.45, 7) is 3.07. The van der Waals surface area contributed by atoms with Crippen molar-refractivity contribution >= 4 is 22.9 Å². The number of nitrogens with one attached hydrogen (secondary N) is 2. The van der Waals surface area contributed by atoms with E-state index >= 15 is 0 Å². The van der Waals surface area contributed by atoms with E-state index in [2.05, 4.69) is 25.3 Å². The lowest BCUT2D eigenvalue weighted by Gasteiger charge is -2.33. The van der Waals surface area contributed by atoms with Crippen molar-refractivity contribution in [3.63, 3.8) is 0 Å². The zero-order chi connectivity index (χ0) is 16.9. The molecule has 2 N–H and O–H groups in total. The molecule has 24 heavy (non-hydrogen) atoms. The number of anilines is 1. The third-order valence-corrected chi connectivity index (χ3v) is 4.71. The fraction of sp³-hybridized carbons (Fsp3) is 0.625. The minimum absolute atomic E-state index is 0.149. The van der Waals surface area contributed by atoms with Gasteiger partial charge in [-0.3, -0.25) is 4.79 Å². The quantitative estimate of drug-likeness (QED) is 0.807. The van der Waals surface area contributed by atoms with Crippen molar-refractivity contribution in [3.8, 4) is 0 Å². The van der Waals surface area contributed by atoms with Crippen LogP contribution in [0.4, 0.5) is 5.82 Å². The second-order valence-corrected chi connectivity index (χ2v) is 6.37. The maximum atomic E-state index is 12.6. The predicted molar refractivity (Wildman–Crippen MR) is 92.8 cm³/mol. The Labute approximate surface area is 141 Å². The minimum Gasteiger partial charge on any atom is -0.348 e. The summed E-state index contributed by atoms with van der Waals surface area (Å²) >= 11 is 0. The van der Waals surface area contributed by atoms with E-state index in [1.165, 1.54) is 12.7 Å². The molecule has 0 spiro atoms. The molecule has 0 bridgehead atoms. The Bertz CT molecular complexity index is 678. The molecule has 0 aromatic carbocycles. The van der Waals surface area contributed by atoms with Crippen LogP contribution in [0.2, 0.25) is 0 Å². The molecule has 0 unspecified atom stereocenters. The second kappa shape index (κ2) is 7.57. The summed E-state index contributed by atoms with van der Waals surface area (Å²) in [5.41, 5.74) is 1.38. The number of carbonyl (C=O) groups excluding carboxylic acids is 1. The highest BCUT2D eigenvalue weighted by Crippen LogP contribution is 2.21. The lowest BCUT2D eigenvalue weighted by atomic mass is 9.93. The standard InChI is InChI=1S/C16H25N7O/c1-17-6-3-12-4-7-23(8-5-12)13(24)9-22(2)16-14-15(19-10-18-14)20-11-21-16/h10-12,17H,3-9H2,1-2H3,(H,18,19,20,21). The van der Waals surface area contributed by atoms with E-state index in [0.29, 0.717) is 18.0 Å². The average molecular weight is 331 g/mol. The molecule has 2 aromatic heterocycles. The first-order chi connectivity index (χ1) is 11.7. The molecular formula is C16H25N7O. The van der Waals surface area contributed by atoms with Gasteiger partial charge in [-0.15, -0.1) is 0 Å². The van der Waals surface area contributed by atoms with Crippen molar-refractivity contribution < 1.29 is 4.79 Å². The molecule has 2 aromatic rings. The summed E-state index contributed by atoms with van der Waals surface area (Å²) in [4.78, 5) is 32.0. The number of hydrogen-bond donors (Lipinski definition) is 2. The number of carbonyl (C=O) groups is 1. The van der Waals surface area contributed by atoms with Crippen molar-refractivity contribution in [3.05, 3.63) is 12.7 Å². The van der Waals surface area contributed by atoms with Gasteiger partial charge in [-0.1, -0.05) is 0 Å². The molecule has 1 saturated heterocycles. The predicted octanol–water partition coefficient (Wildman–Crippen LogP) is 0.637. The number of piperidine rings is 1. The molecule has 3 rings (SSSR count). The number of nitrogens with zero attached hydrogens (tertiary/aromatic N) is 5. The fourth-order valence-electron chi connectivity index (χ4n) is 3.24. The lowest BCUT2D eigenvalue weighted by molar-refractivity contribution is -0.131. The van der Waals surface area contributed by atoms with E-state index in [1.807, 2.05) is 23.9 Å². The number of hydrogen-bond acceptors (Lipinski definition) is 6. The molecular weight excluding hydrogens is 306 g/mol. The molecule has 1 aliphatic heterocycles. The minimum atomic E-state index is 0.149. The van der Waals surface area contributed by atoms with Crippen molar-refractivity contribution in [1.29, 1.82) is 0 Å². The zero-order valence-electron chi connectivity index (χ0n) is 14.3. The summed E-state index contributed by atoms with van der Waals surface area (Å²) < 4.78 is 0. The van der Waals surface area contributed by atoms with Gasteiger partial charge in [0.2, 0.25) is 5.91 Å². The van der Waals surface area contributed by atoms with Crippen LogP contribution in [-0.4, -0.2) is 71.0 Å². The average Bonchev–Trinajstić information content (AvgIpc) is 3.08. The van der Waals surface area contributed by atoms with Crippen molar-refractivity contribution in [2.45, 2.75) is 19.3 Å². The van der Waals surface area contributed by atoms with Gasteiger partial charge in [-0.25, -0.2) is 15.0 Å². The van der Waals surface area contributed by atoms with E-state index < -0.39 is 0 Å². The fourth-order valence-corrected chi connectivity index (χ4v) is 3.24. The van der Waals surface area contributed by atoms with Crippen LogP contribution in [0.5, 0.6) is 0 Å². The molecule has 0 radical (unpaired) electrons. The van der Waals surface area contributed by atoms with E-state index in [1.54, 1.807) is 6.33 Å². The summed E-state index contributed by atoms with van der Waals surface area (Å²) in [5, 5.41) is 3.20. The van der Waals surface area contributed by atoms with Crippen LogP contribution in [0.3, 0.4) is 0 Å². The van der Waals surface area contributed by atoms with Crippen LogP contribution in [0.25, 0.3) is 11.2 Å². The molecule has 8 nitrogen and oxygen atoms in total. The van der Waals surface area contributed by atoms with Gasteiger partial charge >= 0.3 is 0 Å². The van der Waals surface area contributed by atoms with Crippen LogP contribution < -0.4 is 10.2 Å². The first-order valence-corrected chi connectivity index (χ1v) is 8.46. The highest BCUT2D eigenvalue weighted by atomic mass is 16.2. The molecule has 0 aliphatic carbocycles. The summed E-state index contributed by atoms with van der Waals surface area (Å²) in [5.74, 6) is 1.58. The highest BCUT2D eigenvalue weighted by molar-refractivity contribution is 5.87. The maximum Gasteiger partial charge on any atom is 0.242 e. The lowest BCUT2D eigenvalue weighted by Crippen LogP contribution is -2.43. The van der Waals surface area contributed by atoms with Crippen LogP contribution in [0, 0.1) is 5.92 Å². The number of aromatic nitrogens is 4. The van der Waals surface area contributed by atoms with Crippen LogP contribution >= 0.6 is 0 Å². The van der Waals surface area contributed by atoms with Crippen molar-refractivity contribution in [2.75, 3.05) is 45.2 Å².